The van der Waals surface area contributed by atoms with Gasteiger partial charge in [0.25, 0.3) is 0 Å². The summed E-state index contributed by atoms with van der Waals surface area (Å²) >= 11 is 3.34. The lowest BCUT2D eigenvalue weighted by molar-refractivity contribution is 0.486. The van der Waals surface area contributed by atoms with Gasteiger partial charge in [0.05, 0.1) is 0 Å². The van der Waals surface area contributed by atoms with Gasteiger partial charge >= 0.3 is 10.1 Å². The molecule has 0 aromatic heterocycles. The topological polar surface area (TPSA) is 43.4 Å². The van der Waals surface area contributed by atoms with Crippen LogP contribution >= 0.6 is 15.9 Å². The second-order valence-electron chi connectivity index (χ2n) is 4.26. The van der Waals surface area contributed by atoms with Gasteiger partial charge in [-0.15, -0.1) is 0 Å². The predicted octanol–water partition coefficient (Wildman–Crippen LogP) is 3.83. The molecule has 19 heavy (non-hydrogen) atoms. The number of aryl methyl sites for hydroxylation is 2. The molecule has 100 valence electrons. The van der Waals surface area contributed by atoms with E-state index in [0.717, 1.165) is 15.6 Å². The zero-order valence-electron chi connectivity index (χ0n) is 10.6. The first kappa shape index (κ1) is 14.1. The summed E-state index contributed by atoms with van der Waals surface area (Å²) in [6.07, 6.45) is 0. The molecule has 2 aromatic rings. The van der Waals surface area contributed by atoms with Gasteiger partial charge in [-0.3, -0.25) is 0 Å². The lowest BCUT2D eigenvalue weighted by atomic mass is 10.2. The molecule has 0 saturated heterocycles. The molecule has 0 atom stereocenters. The maximum absolute atomic E-state index is 12.1. The molecule has 5 heteroatoms. The van der Waals surface area contributed by atoms with Crippen LogP contribution in [0.15, 0.2) is 51.8 Å². The fraction of sp³-hybridized carbons (Fsp3) is 0.143. The van der Waals surface area contributed by atoms with Crippen molar-refractivity contribution in [1.29, 1.82) is 0 Å². The molecule has 0 bridgehead atoms. The SMILES string of the molecule is Cc1ccc(S(=O)(=O)Oc2ccc(C)c(Br)c2)cc1. The molecule has 0 aliphatic carbocycles. The summed E-state index contributed by atoms with van der Waals surface area (Å²) in [7, 11) is -3.78. The van der Waals surface area contributed by atoms with Crippen LogP contribution in [0, 0.1) is 13.8 Å². The van der Waals surface area contributed by atoms with Crippen molar-refractivity contribution in [1.82, 2.24) is 0 Å². The molecule has 0 spiro atoms. The predicted molar refractivity (Wildman–Crippen MR) is 77.9 cm³/mol. The molecule has 0 heterocycles. The second-order valence-corrected chi connectivity index (χ2v) is 6.66. The van der Waals surface area contributed by atoms with Crippen LogP contribution < -0.4 is 4.18 Å². The number of hydrogen-bond donors (Lipinski definition) is 0. The summed E-state index contributed by atoms with van der Waals surface area (Å²) in [5.41, 5.74) is 2.01. The third-order valence-corrected chi connectivity index (χ3v) is 4.77. The van der Waals surface area contributed by atoms with Crippen molar-refractivity contribution in [2.24, 2.45) is 0 Å². The van der Waals surface area contributed by atoms with Crippen LogP contribution in [0.2, 0.25) is 0 Å². The minimum atomic E-state index is -3.78. The first-order chi connectivity index (χ1) is 8.88. The molecular weight excluding hydrogens is 328 g/mol. The fourth-order valence-electron chi connectivity index (χ4n) is 1.51. The van der Waals surface area contributed by atoms with E-state index in [2.05, 4.69) is 15.9 Å². The van der Waals surface area contributed by atoms with Crippen LogP contribution in [-0.4, -0.2) is 8.42 Å². The molecule has 3 nitrogen and oxygen atoms in total. The van der Waals surface area contributed by atoms with Crippen LogP contribution in [0.4, 0.5) is 0 Å². The Labute approximate surface area is 121 Å². The summed E-state index contributed by atoms with van der Waals surface area (Å²) in [6.45, 7) is 3.82. The van der Waals surface area contributed by atoms with Crippen molar-refractivity contribution < 1.29 is 12.6 Å². The Kier molecular flexibility index (Phi) is 3.96. The maximum atomic E-state index is 12.1. The average molecular weight is 341 g/mol. The van der Waals surface area contributed by atoms with Crippen LogP contribution in [0.3, 0.4) is 0 Å². The van der Waals surface area contributed by atoms with Gasteiger partial charge in [0, 0.05) is 4.47 Å². The largest absolute Gasteiger partial charge is 0.379 e. The Morgan fingerprint density at radius 3 is 2.21 bits per heavy atom. The van der Waals surface area contributed by atoms with E-state index in [4.69, 9.17) is 4.18 Å². The van der Waals surface area contributed by atoms with E-state index in [-0.39, 0.29) is 10.6 Å². The zero-order valence-corrected chi connectivity index (χ0v) is 13.0. The van der Waals surface area contributed by atoms with Gasteiger partial charge in [0.2, 0.25) is 0 Å². The third-order valence-electron chi connectivity index (χ3n) is 2.66. The van der Waals surface area contributed by atoms with E-state index in [9.17, 15) is 8.42 Å². The molecule has 2 rings (SSSR count). The molecule has 0 unspecified atom stereocenters. The van der Waals surface area contributed by atoms with Crippen molar-refractivity contribution in [2.75, 3.05) is 0 Å². The van der Waals surface area contributed by atoms with Gasteiger partial charge in [-0.25, -0.2) is 0 Å². The molecule has 0 N–H and O–H groups in total. The second kappa shape index (κ2) is 5.35. The Morgan fingerprint density at radius 2 is 1.63 bits per heavy atom. The van der Waals surface area contributed by atoms with E-state index >= 15 is 0 Å². The number of rotatable bonds is 3. The summed E-state index contributed by atoms with van der Waals surface area (Å²) in [6, 6.07) is 11.6. The van der Waals surface area contributed by atoms with E-state index < -0.39 is 10.1 Å². The van der Waals surface area contributed by atoms with Crippen LogP contribution in [0.5, 0.6) is 5.75 Å². The van der Waals surface area contributed by atoms with Gasteiger partial charge in [-0.05, 0) is 43.7 Å². The van der Waals surface area contributed by atoms with Gasteiger partial charge in [-0.2, -0.15) is 8.42 Å². The van der Waals surface area contributed by atoms with E-state index in [1.165, 1.54) is 12.1 Å². The van der Waals surface area contributed by atoms with Crippen molar-refractivity contribution in [2.45, 2.75) is 18.7 Å². The summed E-state index contributed by atoms with van der Waals surface area (Å²) in [5.74, 6) is 0.290. The molecule has 0 radical (unpaired) electrons. The molecule has 0 aliphatic rings. The number of benzene rings is 2. The van der Waals surface area contributed by atoms with Crippen LogP contribution in [-0.2, 0) is 10.1 Å². The molecular formula is C14H13BrO3S. The highest BCUT2D eigenvalue weighted by Crippen LogP contribution is 2.25. The Hall–Kier alpha value is -1.33. The minimum absolute atomic E-state index is 0.148. The summed E-state index contributed by atoms with van der Waals surface area (Å²) in [5, 5.41) is 0. The van der Waals surface area contributed by atoms with Gasteiger partial charge < -0.3 is 4.18 Å². The first-order valence-electron chi connectivity index (χ1n) is 5.66. The zero-order chi connectivity index (χ0) is 14.0. The quantitative estimate of drug-likeness (QED) is 0.797. The average Bonchev–Trinajstić information content (AvgIpc) is 2.34. The molecule has 2 aromatic carbocycles. The van der Waals surface area contributed by atoms with Gasteiger partial charge in [0.1, 0.15) is 10.6 Å². The first-order valence-corrected chi connectivity index (χ1v) is 7.86. The molecule has 0 amide bonds. The van der Waals surface area contributed by atoms with Gasteiger partial charge in [0.15, 0.2) is 0 Å². The van der Waals surface area contributed by atoms with Gasteiger partial charge in [-0.1, -0.05) is 39.7 Å². The standard InChI is InChI=1S/C14H13BrO3S/c1-10-3-7-13(8-4-10)19(16,17)18-12-6-5-11(2)14(15)9-12/h3-9H,1-2H3. The van der Waals surface area contributed by atoms with Crippen molar-refractivity contribution in [3.05, 3.63) is 58.1 Å². The lowest BCUT2D eigenvalue weighted by Crippen LogP contribution is -2.09. The Balaban J connectivity index is 2.30. The number of halogens is 1. The van der Waals surface area contributed by atoms with Crippen molar-refractivity contribution >= 4 is 26.0 Å². The monoisotopic (exact) mass is 340 g/mol. The highest BCUT2D eigenvalue weighted by atomic mass is 79.9. The molecule has 0 aliphatic heterocycles. The Morgan fingerprint density at radius 1 is 1.00 bits per heavy atom. The van der Waals surface area contributed by atoms with E-state index in [1.54, 1.807) is 30.3 Å². The highest BCUT2D eigenvalue weighted by molar-refractivity contribution is 9.10. The Bertz CT molecular complexity index is 691. The van der Waals surface area contributed by atoms with E-state index in [1.807, 2.05) is 13.8 Å². The van der Waals surface area contributed by atoms with Crippen molar-refractivity contribution in [3.8, 4) is 5.75 Å². The summed E-state index contributed by atoms with van der Waals surface area (Å²) in [4.78, 5) is 0.148. The third kappa shape index (κ3) is 3.36. The smallest absolute Gasteiger partial charge is 0.339 e. The molecule has 0 saturated carbocycles. The summed E-state index contributed by atoms with van der Waals surface area (Å²) < 4.78 is 30.1. The van der Waals surface area contributed by atoms with Crippen molar-refractivity contribution in [3.63, 3.8) is 0 Å². The fourth-order valence-corrected chi connectivity index (χ4v) is 2.79. The van der Waals surface area contributed by atoms with Crippen LogP contribution in [0.25, 0.3) is 0 Å². The number of hydrogen-bond acceptors (Lipinski definition) is 3. The van der Waals surface area contributed by atoms with E-state index in [0.29, 0.717) is 0 Å². The normalized spacial score (nSPS) is 11.3. The lowest BCUT2D eigenvalue weighted by Gasteiger charge is -2.08. The van der Waals surface area contributed by atoms with Crippen LogP contribution in [0.1, 0.15) is 11.1 Å². The molecule has 0 fully saturated rings. The highest BCUT2D eigenvalue weighted by Gasteiger charge is 2.16. The minimum Gasteiger partial charge on any atom is -0.379 e. The maximum Gasteiger partial charge on any atom is 0.339 e.